The topological polar surface area (TPSA) is 12.0 Å². The lowest BCUT2D eigenvalue weighted by Gasteiger charge is -2.28. The fraction of sp³-hybridized carbons (Fsp3) is 1.00. The molecule has 2 atom stereocenters. The Bertz CT molecular complexity index is 166. The van der Waals surface area contributed by atoms with E-state index in [1.165, 1.54) is 0 Å². The molecule has 1 N–H and O–H groups in total. The Kier molecular flexibility index (Phi) is 6.25. The van der Waals surface area contributed by atoms with E-state index in [0.717, 1.165) is 19.3 Å². The summed E-state index contributed by atoms with van der Waals surface area (Å²) < 4.78 is 37.8. The molecule has 1 nitrogen and oxygen atoms in total. The van der Waals surface area contributed by atoms with E-state index in [9.17, 15) is 13.2 Å². The highest BCUT2D eigenvalue weighted by molar-refractivity contribution is 4.80. The molecule has 15 heavy (non-hydrogen) atoms. The van der Waals surface area contributed by atoms with E-state index < -0.39 is 18.1 Å². The lowest BCUT2D eigenvalue weighted by Crippen LogP contribution is -2.49. The van der Waals surface area contributed by atoms with Crippen LogP contribution in [0.3, 0.4) is 0 Å². The van der Waals surface area contributed by atoms with Gasteiger partial charge in [0, 0.05) is 6.04 Å². The van der Waals surface area contributed by atoms with E-state index in [4.69, 9.17) is 0 Å². The van der Waals surface area contributed by atoms with E-state index in [1.54, 1.807) is 13.8 Å². The molecule has 0 heterocycles. The van der Waals surface area contributed by atoms with Gasteiger partial charge in [-0.1, -0.05) is 33.6 Å². The van der Waals surface area contributed by atoms with Crippen LogP contribution in [0.2, 0.25) is 0 Å². The normalized spacial score (nSPS) is 16.8. The maximum Gasteiger partial charge on any atom is 0.404 e. The molecule has 0 fully saturated rings. The summed E-state index contributed by atoms with van der Waals surface area (Å²) in [7, 11) is 0. The molecular weight excluding hydrogens is 203 g/mol. The van der Waals surface area contributed by atoms with Gasteiger partial charge in [-0.3, -0.25) is 0 Å². The molecule has 0 aromatic heterocycles. The summed E-state index contributed by atoms with van der Waals surface area (Å²) >= 11 is 0. The first-order valence-corrected chi connectivity index (χ1v) is 5.61. The van der Waals surface area contributed by atoms with Crippen LogP contribution in [0.5, 0.6) is 0 Å². The van der Waals surface area contributed by atoms with Crippen LogP contribution in [-0.4, -0.2) is 18.3 Å². The monoisotopic (exact) mass is 225 g/mol. The van der Waals surface area contributed by atoms with Crippen LogP contribution < -0.4 is 5.32 Å². The van der Waals surface area contributed by atoms with Crippen molar-refractivity contribution in [2.75, 3.05) is 0 Å². The second kappa shape index (κ2) is 6.36. The number of hydrogen-bond donors (Lipinski definition) is 1. The molecule has 0 amide bonds. The lowest BCUT2D eigenvalue weighted by molar-refractivity contribution is -0.167. The third-order valence-electron chi connectivity index (χ3n) is 2.47. The second-order valence-corrected chi connectivity index (χ2v) is 4.47. The number of halogens is 3. The molecule has 0 aliphatic heterocycles. The van der Waals surface area contributed by atoms with Crippen molar-refractivity contribution in [2.45, 2.75) is 65.2 Å². The summed E-state index contributed by atoms with van der Waals surface area (Å²) in [6.07, 6.45) is -1.36. The largest absolute Gasteiger partial charge is 0.404 e. The second-order valence-electron chi connectivity index (χ2n) is 4.47. The minimum Gasteiger partial charge on any atom is -0.303 e. The van der Waals surface area contributed by atoms with Crippen LogP contribution in [0, 0.1) is 5.92 Å². The highest BCUT2D eigenvalue weighted by Gasteiger charge is 2.41. The zero-order valence-electron chi connectivity index (χ0n) is 9.99. The zero-order chi connectivity index (χ0) is 12.1. The van der Waals surface area contributed by atoms with Gasteiger partial charge in [-0.2, -0.15) is 13.2 Å². The minimum absolute atomic E-state index is 0.0704. The fourth-order valence-electron chi connectivity index (χ4n) is 1.57. The van der Waals surface area contributed by atoms with Crippen LogP contribution in [0.4, 0.5) is 13.2 Å². The zero-order valence-corrected chi connectivity index (χ0v) is 9.99. The highest BCUT2D eigenvalue weighted by atomic mass is 19.4. The van der Waals surface area contributed by atoms with Gasteiger partial charge in [-0.15, -0.1) is 0 Å². The first-order chi connectivity index (χ1) is 6.79. The first kappa shape index (κ1) is 14.8. The molecule has 0 aliphatic rings. The van der Waals surface area contributed by atoms with Gasteiger partial charge in [0.1, 0.15) is 6.04 Å². The quantitative estimate of drug-likeness (QED) is 0.726. The Balaban J connectivity index is 4.17. The van der Waals surface area contributed by atoms with Crippen molar-refractivity contribution in [3.8, 4) is 0 Å². The fourth-order valence-corrected chi connectivity index (χ4v) is 1.57. The molecule has 0 bridgehead atoms. The average molecular weight is 225 g/mol. The van der Waals surface area contributed by atoms with Gasteiger partial charge in [0.05, 0.1) is 0 Å². The summed E-state index contributed by atoms with van der Waals surface area (Å²) in [6.45, 7) is 7.04. The average Bonchev–Trinajstić information content (AvgIpc) is 2.08. The highest BCUT2D eigenvalue weighted by Crippen LogP contribution is 2.26. The Hall–Kier alpha value is -0.250. The smallest absolute Gasteiger partial charge is 0.303 e. The van der Waals surface area contributed by atoms with E-state index in [2.05, 4.69) is 5.32 Å². The van der Waals surface area contributed by atoms with Gasteiger partial charge in [0.2, 0.25) is 0 Å². The van der Waals surface area contributed by atoms with Gasteiger partial charge in [0.25, 0.3) is 0 Å². The summed E-state index contributed by atoms with van der Waals surface area (Å²) in [4.78, 5) is 0. The van der Waals surface area contributed by atoms with E-state index in [0.29, 0.717) is 0 Å². The van der Waals surface area contributed by atoms with E-state index in [-0.39, 0.29) is 6.04 Å². The van der Waals surface area contributed by atoms with Gasteiger partial charge in [0.15, 0.2) is 0 Å². The molecule has 0 saturated heterocycles. The molecule has 0 spiro atoms. The van der Waals surface area contributed by atoms with Gasteiger partial charge in [-0.25, -0.2) is 0 Å². The molecule has 0 aromatic carbocycles. The van der Waals surface area contributed by atoms with Crippen LogP contribution in [0.25, 0.3) is 0 Å². The van der Waals surface area contributed by atoms with Crippen molar-refractivity contribution in [1.29, 1.82) is 0 Å². The van der Waals surface area contributed by atoms with Crippen LogP contribution in [0.1, 0.15) is 47.0 Å². The molecule has 0 rings (SSSR count). The summed E-state index contributed by atoms with van der Waals surface area (Å²) in [6, 6.07) is -1.46. The molecule has 0 aliphatic carbocycles. The molecule has 0 aromatic rings. The Morgan fingerprint density at radius 1 is 1.13 bits per heavy atom. The number of alkyl halides is 3. The summed E-state index contributed by atoms with van der Waals surface area (Å²) in [5, 5.41) is 2.67. The first-order valence-electron chi connectivity index (χ1n) is 5.61. The maximum atomic E-state index is 12.6. The van der Waals surface area contributed by atoms with Gasteiger partial charge in [-0.05, 0) is 19.3 Å². The third kappa shape index (κ3) is 6.03. The SMILES string of the molecule is CCCC[C@H](C)N[C@H](C(C)C)C(F)(F)F. The number of nitrogens with one attached hydrogen (secondary N) is 1. The van der Waals surface area contributed by atoms with E-state index in [1.807, 2.05) is 13.8 Å². The third-order valence-corrected chi connectivity index (χ3v) is 2.47. The molecule has 92 valence electrons. The summed E-state index contributed by atoms with van der Waals surface area (Å²) in [5.41, 5.74) is 0. The standard InChI is InChI=1S/C11H22F3N/c1-5-6-7-9(4)15-10(8(2)3)11(12,13)14/h8-10,15H,5-7H2,1-4H3/t9-,10+/m0/s1. The van der Waals surface area contributed by atoms with Crippen LogP contribution in [0.15, 0.2) is 0 Å². The summed E-state index contributed by atoms with van der Waals surface area (Å²) in [5.74, 6) is -0.422. The van der Waals surface area contributed by atoms with Crippen molar-refractivity contribution in [2.24, 2.45) is 5.92 Å². The molecule has 4 heteroatoms. The number of unbranched alkanes of at least 4 members (excludes halogenated alkanes) is 1. The van der Waals surface area contributed by atoms with Crippen molar-refractivity contribution in [3.05, 3.63) is 0 Å². The Morgan fingerprint density at radius 3 is 2.00 bits per heavy atom. The Morgan fingerprint density at radius 2 is 1.67 bits per heavy atom. The molecular formula is C11H22F3N. The van der Waals surface area contributed by atoms with Gasteiger partial charge < -0.3 is 5.32 Å². The van der Waals surface area contributed by atoms with Crippen molar-refractivity contribution >= 4 is 0 Å². The van der Waals surface area contributed by atoms with Crippen molar-refractivity contribution in [1.82, 2.24) is 5.32 Å². The number of hydrogen-bond acceptors (Lipinski definition) is 1. The molecule has 0 unspecified atom stereocenters. The number of rotatable bonds is 6. The lowest BCUT2D eigenvalue weighted by atomic mass is 10.0. The molecule has 0 saturated carbocycles. The predicted octanol–water partition coefficient (Wildman–Crippen LogP) is 3.74. The van der Waals surface area contributed by atoms with E-state index >= 15 is 0 Å². The van der Waals surface area contributed by atoms with Crippen molar-refractivity contribution in [3.63, 3.8) is 0 Å². The van der Waals surface area contributed by atoms with Crippen LogP contribution >= 0.6 is 0 Å². The van der Waals surface area contributed by atoms with Crippen LogP contribution in [-0.2, 0) is 0 Å². The minimum atomic E-state index is -4.14. The predicted molar refractivity (Wildman–Crippen MR) is 56.8 cm³/mol. The maximum absolute atomic E-state index is 12.6. The van der Waals surface area contributed by atoms with Crippen molar-refractivity contribution < 1.29 is 13.2 Å². The molecule has 0 radical (unpaired) electrons. The Labute approximate surface area is 90.4 Å². The van der Waals surface area contributed by atoms with Gasteiger partial charge >= 0.3 is 6.18 Å².